The minimum atomic E-state index is -3.39. The van der Waals surface area contributed by atoms with Crippen LogP contribution in [0.1, 0.15) is 10.5 Å². The second-order valence-electron chi connectivity index (χ2n) is 5.31. The van der Waals surface area contributed by atoms with E-state index < -0.39 is 15.9 Å². The third-order valence-corrected chi connectivity index (χ3v) is 4.44. The van der Waals surface area contributed by atoms with Crippen LogP contribution in [-0.4, -0.2) is 30.5 Å². The summed E-state index contributed by atoms with van der Waals surface area (Å²) in [6.07, 6.45) is 4.38. The van der Waals surface area contributed by atoms with Gasteiger partial charge >= 0.3 is 0 Å². The van der Waals surface area contributed by atoms with Crippen molar-refractivity contribution in [2.75, 3.05) is 21.6 Å². The van der Waals surface area contributed by atoms with Gasteiger partial charge in [-0.3, -0.25) is 14.5 Å². The van der Waals surface area contributed by atoms with Gasteiger partial charge in [-0.25, -0.2) is 13.4 Å². The molecule has 0 radical (unpaired) electrons. The topological polar surface area (TPSA) is 113 Å². The van der Waals surface area contributed by atoms with Gasteiger partial charge in [-0.1, -0.05) is 6.07 Å². The Hall–Kier alpha value is -2.98. The van der Waals surface area contributed by atoms with E-state index in [9.17, 15) is 13.2 Å². The number of thiazole rings is 1. The quantitative estimate of drug-likeness (QED) is 0.597. The maximum Gasteiger partial charge on any atom is 0.275 e. The second kappa shape index (κ2) is 7.50. The molecule has 0 bridgehead atoms. The summed E-state index contributed by atoms with van der Waals surface area (Å²) in [5, 5.41) is 7.95. The summed E-state index contributed by atoms with van der Waals surface area (Å²) >= 11 is 1.29. The number of amides is 1. The lowest BCUT2D eigenvalue weighted by Crippen LogP contribution is -2.13. The number of aromatic nitrogens is 2. The number of hydrogen-bond acceptors (Lipinski definition) is 7. The van der Waals surface area contributed by atoms with Crippen LogP contribution < -0.4 is 15.4 Å². The molecule has 0 saturated heterocycles. The van der Waals surface area contributed by atoms with Gasteiger partial charge in [0, 0.05) is 17.3 Å². The molecule has 0 aliphatic carbocycles. The smallest absolute Gasteiger partial charge is 0.275 e. The maximum absolute atomic E-state index is 12.3. The number of pyridine rings is 1. The first kappa shape index (κ1) is 17.8. The van der Waals surface area contributed by atoms with E-state index in [1.807, 2.05) is 6.07 Å². The van der Waals surface area contributed by atoms with E-state index in [4.69, 9.17) is 0 Å². The molecular weight excluding hydrogens is 374 g/mol. The minimum absolute atomic E-state index is 0.253. The fourth-order valence-electron chi connectivity index (χ4n) is 2.07. The van der Waals surface area contributed by atoms with Crippen molar-refractivity contribution in [1.82, 2.24) is 9.97 Å². The van der Waals surface area contributed by atoms with Crippen LogP contribution in [0.2, 0.25) is 0 Å². The fourth-order valence-corrected chi connectivity index (χ4v) is 3.33. The van der Waals surface area contributed by atoms with Gasteiger partial charge in [0.1, 0.15) is 5.69 Å². The molecule has 3 aromatic rings. The zero-order valence-electron chi connectivity index (χ0n) is 13.6. The first-order chi connectivity index (χ1) is 12.4. The summed E-state index contributed by atoms with van der Waals surface area (Å²) < 4.78 is 24.9. The van der Waals surface area contributed by atoms with E-state index in [0.717, 1.165) is 11.9 Å². The number of rotatable bonds is 6. The van der Waals surface area contributed by atoms with Crippen LogP contribution >= 0.6 is 11.3 Å². The number of carbonyl (C=O) groups excluding carboxylic acids is 1. The third kappa shape index (κ3) is 5.01. The largest absolute Gasteiger partial charge is 0.330 e. The lowest BCUT2D eigenvalue weighted by Gasteiger charge is -2.07. The van der Waals surface area contributed by atoms with Crippen molar-refractivity contribution in [2.45, 2.75) is 0 Å². The Morgan fingerprint density at radius 2 is 1.88 bits per heavy atom. The van der Waals surface area contributed by atoms with Crippen LogP contribution in [0.25, 0.3) is 0 Å². The van der Waals surface area contributed by atoms with Gasteiger partial charge in [0.05, 0.1) is 23.8 Å². The Balaban J connectivity index is 1.68. The standard InChI is InChI=1S/C16H15N5O3S2/c1-26(23,24)21-12-5-2-4-11(8-12)18-15(22)14-10-25-16(20-14)19-13-6-3-7-17-9-13/h2-10,21H,1H3,(H,18,22)(H,19,20). The van der Waals surface area contributed by atoms with Crippen molar-refractivity contribution in [3.05, 3.63) is 59.9 Å². The number of nitrogens with zero attached hydrogens (tertiary/aromatic N) is 2. The molecule has 134 valence electrons. The molecule has 3 rings (SSSR count). The minimum Gasteiger partial charge on any atom is -0.330 e. The zero-order valence-corrected chi connectivity index (χ0v) is 15.3. The molecule has 2 aromatic heterocycles. The molecule has 0 spiro atoms. The first-order valence-electron chi connectivity index (χ1n) is 7.41. The van der Waals surface area contributed by atoms with Crippen LogP contribution in [0.4, 0.5) is 22.2 Å². The second-order valence-corrected chi connectivity index (χ2v) is 7.92. The summed E-state index contributed by atoms with van der Waals surface area (Å²) in [5.41, 5.74) is 1.84. The average Bonchev–Trinajstić information content (AvgIpc) is 3.03. The Morgan fingerprint density at radius 3 is 2.62 bits per heavy atom. The predicted octanol–water partition coefficient (Wildman–Crippen LogP) is 2.91. The Labute approximate surface area is 154 Å². The fraction of sp³-hybridized carbons (Fsp3) is 0.0625. The summed E-state index contributed by atoms with van der Waals surface area (Å²) in [5.74, 6) is -0.392. The van der Waals surface area contributed by atoms with E-state index in [-0.39, 0.29) is 5.69 Å². The normalized spacial score (nSPS) is 11.0. The van der Waals surface area contributed by atoms with Crippen LogP contribution in [0.5, 0.6) is 0 Å². The van der Waals surface area contributed by atoms with E-state index in [2.05, 4.69) is 25.3 Å². The lowest BCUT2D eigenvalue weighted by atomic mass is 10.3. The monoisotopic (exact) mass is 389 g/mol. The molecule has 0 aliphatic rings. The molecule has 0 atom stereocenters. The van der Waals surface area contributed by atoms with Crippen molar-refractivity contribution >= 4 is 49.5 Å². The number of hydrogen-bond donors (Lipinski definition) is 3. The van der Waals surface area contributed by atoms with Crippen LogP contribution in [0.15, 0.2) is 54.2 Å². The summed E-state index contributed by atoms with van der Waals surface area (Å²) in [6, 6.07) is 10.1. The van der Waals surface area contributed by atoms with E-state index in [1.54, 1.807) is 42.0 Å². The highest BCUT2D eigenvalue weighted by molar-refractivity contribution is 7.92. The van der Waals surface area contributed by atoms with Gasteiger partial charge < -0.3 is 10.6 Å². The van der Waals surface area contributed by atoms with Crippen molar-refractivity contribution in [1.29, 1.82) is 0 Å². The van der Waals surface area contributed by atoms with Crippen molar-refractivity contribution in [2.24, 2.45) is 0 Å². The van der Waals surface area contributed by atoms with Gasteiger partial charge in [0.2, 0.25) is 10.0 Å². The highest BCUT2D eigenvalue weighted by atomic mass is 32.2. The zero-order chi connectivity index (χ0) is 18.6. The molecular formula is C16H15N5O3S2. The molecule has 0 unspecified atom stereocenters. The first-order valence-corrected chi connectivity index (χ1v) is 10.2. The SMILES string of the molecule is CS(=O)(=O)Nc1cccc(NC(=O)c2csc(Nc3cccnc3)n2)c1. The predicted molar refractivity (Wildman–Crippen MR) is 102 cm³/mol. The van der Waals surface area contributed by atoms with Gasteiger partial charge in [-0.05, 0) is 30.3 Å². The van der Waals surface area contributed by atoms with Gasteiger partial charge in [0.25, 0.3) is 5.91 Å². The molecule has 3 N–H and O–H groups in total. The number of nitrogens with one attached hydrogen (secondary N) is 3. The van der Waals surface area contributed by atoms with Gasteiger partial charge in [0.15, 0.2) is 5.13 Å². The molecule has 26 heavy (non-hydrogen) atoms. The maximum atomic E-state index is 12.3. The van der Waals surface area contributed by atoms with Crippen molar-refractivity contribution in [3.8, 4) is 0 Å². The molecule has 0 fully saturated rings. The number of anilines is 4. The van der Waals surface area contributed by atoms with Crippen LogP contribution in [-0.2, 0) is 10.0 Å². The summed E-state index contributed by atoms with van der Waals surface area (Å²) in [7, 11) is -3.39. The summed E-state index contributed by atoms with van der Waals surface area (Å²) in [4.78, 5) is 20.6. The van der Waals surface area contributed by atoms with Gasteiger partial charge in [-0.15, -0.1) is 11.3 Å². The Morgan fingerprint density at radius 1 is 1.12 bits per heavy atom. The van der Waals surface area contributed by atoms with Crippen molar-refractivity contribution < 1.29 is 13.2 Å². The number of benzene rings is 1. The number of sulfonamides is 1. The van der Waals surface area contributed by atoms with E-state index in [1.165, 1.54) is 17.4 Å². The van der Waals surface area contributed by atoms with Crippen LogP contribution in [0.3, 0.4) is 0 Å². The van der Waals surface area contributed by atoms with Crippen molar-refractivity contribution in [3.63, 3.8) is 0 Å². The third-order valence-electron chi connectivity index (χ3n) is 3.07. The van der Waals surface area contributed by atoms with Crippen LogP contribution in [0, 0.1) is 0 Å². The highest BCUT2D eigenvalue weighted by Gasteiger charge is 2.12. The Bertz CT molecular complexity index is 1020. The Kier molecular flexibility index (Phi) is 5.14. The molecule has 0 saturated carbocycles. The molecule has 1 aromatic carbocycles. The summed E-state index contributed by atoms with van der Waals surface area (Å²) in [6.45, 7) is 0. The molecule has 2 heterocycles. The lowest BCUT2D eigenvalue weighted by molar-refractivity contribution is 0.102. The van der Waals surface area contributed by atoms with E-state index in [0.29, 0.717) is 16.5 Å². The molecule has 10 heteroatoms. The molecule has 1 amide bonds. The molecule has 0 aliphatic heterocycles. The van der Waals surface area contributed by atoms with Gasteiger partial charge in [-0.2, -0.15) is 0 Å². The number of carbonyl (C=O) groups is 1. The molecule has 8 nitrogen and oxygen atoms in total. The highest BCUT2D eigenvalue weighted by Crippen LogP contribution is 2.22. The van der Waals surface area contributed by atoms with E-state index >= 15 is 0 Å². The average molecular weight is 389 g/mol.